The van der Waals surface area contributed by atoms with Crippen LogP contribution in [0.4, 0.5) is 11.4 Å². The van der Waals surface area contributed by atoms with Crippen molar-refractivity contribution >= 4 is 38.7 Å². The molecule has 0 unspecified atom stereocenters. The molecular weight excluding hydrogens is 312 g/mol. The van der Waals surface area contributed by atoms with E-state index in [-0.39, 0.29) is 23.8 Å². The highest BCUT2D eigenvalue weighted by molar-refractivity contribution is 7.91. The Morgan fingerprint density at radius 3 is 2.62 bits per heavy atom. The first kappa shape index (κ1) is 17.8. The number of nitrogens with one attached hydrogen (secondary N) is 1. The van der Waals surface area contributed by atoms with E-state index >= 15 is 0 Å². The minimum atomic E-state index is -3.17. The van der Waals surface area contributed by atoms with Gasteiger partial charge in [-0.3, -0.25) is 4.79 Å². The zero-order valence-electron chi connectivity index (χ0n) is 12.1. The Morgan fingerprint density at radius 2 is 2.00 bits per heavy atom. The fraction of sp³-hybridized carbons (Fsp3) is 0.500. The van der Waals surface area contributed by atoms with Crippen molar-refractivity contribution in [2.45, 2.75) is 32.6 Å². The van der Waals surface area contributed by atoms with Crippen LogP contribution in [-0.4, -0.2) is 25.8 Å². The van der Waals surface area contributed by atoms with Gasteiger partial charge in [-0.05, 0) is 24.6 Å². The topological polar surface area (TPSA) is 89.3 Å². The van der Waals surface area contributed by atoms with Crippen LogP contribution in [0.3, 0.4) is 0 Å². The van der Waals surface area contributed by atoms with Gasteiger partial charge in [-0.15, -0.1) is 0 Å². The highest BCUT2D eigenvalue weighted by atomic mass is 35.5. The zero-order chi connectivity index (χ0) is 15.9. The maximum Gasteiger partial charge on any atom is 0.225 e. The Labute approximate surface area is 130 Å². The molecule has 3 N–H and O–H groups in total. The van der Waals surface area contributed by atoms with Gasteiger partial charge in [-0.1, -0.05) is 31.4 Å². The third-order valence-electron chi connectivity index (χ3n) is 2.99. The van der Waals surface area contributed by atoms with Crippen LogP contribution in [-0.2, 0) is 14.6 Å². The third kappa shape index (κ3) is 6.82. The molecule has 0 saturated heterocycles. The number of hydrogen-bond acceptors (Lipinski definition) is 4. The molecular formula is C14H21ClN2O3S. The molecule has 0 aliphatic rings. The molecule has 0 aliphatic carbocycles. The average Bonchev–Trinajstić information content (AvgIpc) is 2.40. The molecule has 1 rings (SSSR count). The highest BCUT2D eigenvalue weighted by Gasteiger charge is 2.14. The van der Waals surface area contributed by atoms with E-state index in [1.807, 2.05) is 6.92 Å². The van der Waals surface area contributed by atoms with Crippen LogP contribution in [0.2, 0.25) is 5.02 Å². The van der Waals surface area contributed by atoms with Gasteiger partial charge in [0.2, 0.25) is 5.91 Å². The van der Waals surface area contributed by atoms with E-state index in [0.29, 0.717) is 22.8 Å². The number of benzene rings is 1. The number of nitrogens with two attached hydrogens (primary N) is 1. The van der Waals surface area contributed by atoms with E-state index in [4.69, 9.17) is 17.3 Å². The molecule has 0 radical (unpaired) electrons. The second-order valence-electron chi connectivity index (χ2n) is 4.89. The summed E-state index contributed by atoms with van der Waals surface area (Å²) in [5.74, 6) is -0.379. The molecule has 7 heteroatoms. The maximum atomic E-state index is 11.8. The van der Waals surface area contributed by atoms with Crippen molar-refractivity contribution in [2.75, 3.05) is 22.6 Å². The molecule has 0 heterocycles. The molecule has 0 fully saturated rings. The lowest BCUT2D eigenvalue weighted by Gasteiger charge is -2.08. The number of amides is 1. The van der Waals surface area contributed by atoms with Crippen LogP contribution in [0.5, 0.6) is 0 Å². The molecule has 1 aromatic carbocycles. The second-order valence-corrected chi connectivity index (χ2v) is 7.63. The Balaban J connectivity index is 2.47. The van der Waals surface area contributed by atoms with Crippen molar-refractivity contribution in [2.24, 2.45) is 0 Å². The number of halogens is 1. The number of carbonyl (C=O) groups is 1. The largest absolute Gasteiger partial charge is 0.397 e. The molecule has 0 bridgehead atoms. The summed E-state index contributed by atoms with van der Waals surface area (Å²) in [7, 11) is -3.17. The molecule has 0 spiro atoms. The van der Waals surface area contributed by atoms with Crippen LogP contribution in [0.15, 0.2) is 18.2 Å². The number of unbranched alkanes of at least 4 members (excludes halogenated alkanes) is 2. The summed E-state index contributed by atoms with van der Waals surface area (Å²) in [6.07, 6.45) is 2.42. The van der Waals surface area contributed by atoms with E-state index in [0.717, 1.165) is 12.8 Å². The quantitative estimate of drug-likeness (QED) is 0.566. The first-order valence-electron chi connectivity index (χ1n) is 6.89. The van der Waals surface area contributed by atoms with Crippen LogP contribution in [0, 0.1) is 0 Å². The van der Waals surface area contributed by atoms with E-state index in [9.17, 15) is 13.2 Å². The lowest BCUT2D eigenvalue weighted by Crippen LogP contribution is -2.19. The smallest absolute Gasteiger partial charge is 0.225 e. The molecule has 118 valence electrons. The Morgan fingerprint density at radius 1 is 1.29 bits per heavy atom. The molecule has 0 atom stereocenters. The molecule has 0 aromatic heterocycles. The summed E-state index contributed by atoms with van der Waals surface area (Å²) in [5.41, 5.74) is 6.50. The van der Waals surface area contributed by atoms with Crippen molar-refractivity contribution in [1.82, 2.24) is 0 Å². The van der Waals surface area contributed by atoms with E-state index in [2.05, 4.69) is 5.32 Å². The minimum absolute atomic E-state index is 0.0729. The first-order chi connectivity index (χ1) is 9.84. The molecule has 5 nitrogen and oxygen atoms in total. The summed E-state index contributed by atoms with van der Waals surface area (Å²) in [5, 5.41) is 3.07. The van der Waals surface area contributed by atoms with Gasteiger partial charge in [0.1, 0.15) is 0 Å². The summed E-state index contributed by atoms with van der Waals surface area (Å²) in [6, 6.07) is 4.72. The van der Waals surface area contributed by atoms with Crippen molar-refractivity contribution in [3.8, 4) is 0 Å². The van der Waals surface area contributed by atoms with Crippen LogP contribution >= 0.6 is 11.6 Å². The normalized spacial score (nSPS) is 11.3. The minimum Gasteiger partial charge on any atom is -0.397 e. The number of hydrogen-bond donors (Lipinski definition) is 2. The summed E-state index contributed by atoms with van der Waals surface area (Å²) in [4.78, 5) is 11.8. The molecule has 21 heavy (non-hydrogen) atoms. The highest BCUT2D eigenvalue weighted by Crippen LogP contribution is 2.22. The molecule has 0 aliphatic heterocycles. The first-order valence-corrected chi connectivity index (χ1v) is 9.09. The van der Waals surface area contributed by atoms with Crippen molar-refractivity contribution in [3.05, 3.63) is 23.2 Å². The lowest BCUT2D eigenvalue weighted by atomic mass is 10.2. The lowest BCUT2D eigenvalue weighted by molar-refractivity contribution is -0.115. The standard InChI is InChI=1S/C14H21ClN2O3S/c1-2-3-4-8-21(19,20)9-7-14(18)17-13-6-5-11(15)10-12(13)16/h5-6,10H,2-4,7-9,16H2,1H3,(H,17,18). The number of carbonyl (C=O) groups excluding carboxylic acids is 1. The summed E-state index contributed by atoms with van der Waals surface area (Å²) >= 11 is 5.76. The van der Waals surface area contributed by atoms with Gasteiger partial charge < -0.3 is 11.1 Å². The van der Waals surface area contributed by atoms with Gasteiger partial charge in [0.15, 0.2) is 9.84 Å². The Kier molecular flexibility index (Phi) is 6.98. The predicted octanol–water partition coefficient (Wildman–Crippen LogP) is 2.86. The van der Waals surface area contributed by atoms with E-state index in [1.54, 1.807) is 12.1 Å². The Hall–Kier alpha value is -1.27. The van der Waals surface area contributed by atoms with Crippen LogP contribution in [0.1, 0.15) is 32.6 Å². The molecule has 1 aromatic rings. The van der Waals surface area contributed by atoms with Gasteiger partial charge in [0.25, 0.3) is 0 Å². The van der Waals surface area contributed by atoms with Gasteiger partial charge in [-0.25, -0.2) is 8.42 Å². The molecule has 0 saturated carbocycles. The molecule has 1 amide bonds. The monoisotopic (exact) mass is 332 g/mol. The SMILES string of the molecule is CCCCCS(=O)(=O)CCC(=O)Nc1ccc(Cl)cc1N. The fourth-order valence-electron chi connectivity index (χ4n) is 1.78. The predicted molar refractivity (Wildman–Crippen MR) is 87.3 cm³/mol. The third-order valence-corrected chi connectivity index (χ3v) is 4.96. The van der Waals surface area contributed by atoms with Crippen molar-refractivity contribution in [3.63, 3.8) is 0 Å². The van der Waals surface area contributed by atoms with Gasteiger partial charge in [0, 0.05) is 11.4 Å². The fourth-order valence-corrected chi connectivity index (χ4v) is 3.31. The second kappa shape index (κ2) is 8.24. The van der Waals surface area contributed by atoms with Gasteiger partial charge >= 0.3 is 0 Å². The number of nitrogen functional groups attached to an aromatic ring is 1. The number of anilines is 2. The van der Waals surface area contributed by atoms with E-state index in [1.165, 1.54) is 6.07 Å². The van der Waals surface area contributed by atoms with Crippen molar-refractivity contribution < 1.29 is 13.2 Å². The van der Waals surface area contributed by atoms with Crippen LogP contribution in [0.25, 0.3) is 0 Å². The number of rotatable bonds is 8. The zero-order valence-corrected chi connectivity index (χ0v) is 13.6. The van der Waals surface area contributed by atoms with E-state index < -0.39 is 9.84 Å². The van der Waals surface area contributed by atoms with Gasteiger partial charge in [0.05, 0.1) is 22.9 Å². The van der Waals surface area contributed by atoms with Crippen molar-refractivity contribution in [1.29, 1.82) is 0 Å². The number of sulfone groups is 1. The average molecular weight is 333 g/mol. The van der Waals surface area contributed by atoms with Gasteiger partial charge in [-0.2, -0.15) is 0 Å². The Bertz CT molecular complexity index is 588. The maximum absolute atomic E-state index is 11.8. The summed E-state index contributed by atoms with van der Waals surface area (Å²) < 4.78 is 23.5. The summed E-state index contributed by atoms with van der Waals surface area (Å²) in [6.45, 7) is 2.01. The van der Waals surface area contributed by atoms with Crippen LogP contribution < -0.4 is 11.1 Å².